The van der Waals surface area contributed by atoms with Crippen LogP contribution in [0.5, 0.6) is 0 Å². The van der Waals surface area contributed by atoms with E-state index in [1.54, 1.807) is 6.92 Å². The molecule has 10 heteroatoms. The molecule has 0 aromatic heterocycles. The predicted molar refractivity (Wildman–Crippen MR) is 109 cm³/mol. The van der Waals surface area contributed by atoms with E-state index in [0.29, 0.717) is 11.1 Å². The fourth-order valence-corrected chi connectivity index (χ4v) is 2.96. The summed E-state index contributed by atoms with van der Waals surface area (Å²) in [5, 5.41) is 22.3. The minimum Gasteiger partial charge on any atom is -0.466 e. The van der Waals surface area contributed by atoms with Gasteiger partial charge in [-0.25, -0.2) is 0 Å². The van der Waals surface area contributed by atoms with Crippen LogP contribution in [0.25, 0.3) is 0 Å². The van der Waals surface area contributed by atoms with Crippen molar-refractivity contribution in [2.75, 3.05) is 6.61 Å². The summed E-state index contributed by atoms with van der Waals surface area (Å²) < 4.78 is 4.96. The number of ether oxygens (including phenoxy) is 1. The van der Waals surface area contributed by atoms with Gasteiger partial charge in [0.05, 0.1) is 29.6 Å². The number of amides is 2. The number of benzene rings is 2. The number of carbonyl (C=O) groups excluding carboxylic acids is 3. The van der Waals surface area contributed by atoms with Gasteiger partial charge in [0, 0.05) is 23.6 Å². The molecular formula is C21H20N4O6. The van der Waals surface area contributed by atoms with Gasteiger partial charge in [-0.15, -0.1) is 0 Å². The Hall–Kier alpha value is -4.26. The first kappa shape index (κ1) is 23.0. The number of nitrogens with two attached hydrogens (primary N) is 1. The lowest BCUT2D eigenvalue weighted by Gasteiger charge is -2.25. The Morgan fingerprint density at radius 2 is 1.77 bits per heavy atom. The number of hydrogen-bond acceptors (Lipinski definition) is 7. The summed E-state index contributed by atoms with van der Waals surface area (Å²) in [6, 6.07) is 11.6. The van der Waals surface area contributed by atoms with Crippen molar-refractivity contribution < 1.29 is 24.0 Å². The van der Waals surface area contributed by atoms with Crippen LogP contribution in [0, 0.1) is 21.4 Å². The molecule has 0 bridgehead atoms. The zero-order chi connectivity index (χ0) is 23.0. The number of hydrogen-bond donors (Lipinski definition) is 2. The topological polar surface area (TPSA) is 165 Å². The third kappa shape index (κ3) is 6.11. The largest absolute Gasteiger partial charge is 0.466 e. The average Bonchev–Trinajstić information content (AvgIpc) is 2.76. The number of nitrogens with zero attached hydrogens (tertiary/aromatic N) is 2. The fraction of sp³-hybridized carbons (Fsp3) is 0.238. The molecule has 0 aliphatic heterocycles. The van der Waals surface area contributed by atoms with E-state index in [2.05, 4.69) is 5.32 Å². The summed E-state index contributed by atoms with van der Waals surface area (Å²) in [7, 11) is 0. The van der Waals surface area contributed by atoms with Crippen LogP contribution in [0.15, 0.2) is 48.5 Å². The summed E-state index contributed by atoms with van der Waals surface area (Å²) in [6.07, 6.45) is -0.285. The number of rotatable bonds is 9. The van der Waals surface area contributed by atoms with Crippen LogP contribution in [-0.4, -0.2) is 35.4 Å². The number of nitriles is 1. The van der Waals surface area contributed by atoms with Gasteiger partial charge in [0.15, 0.2) is 0 Å². The van der Waals surface area contributed by atoms with Crippen LogP contribution in [0.3, 0.4) is 0 Å². The second-order valence-electron chi connectivity index (χ2n) is 6.51. The van der Waals surface area contributed by atoms with E-state index in [9.17, 15) is 24.5 Å². The molecule has 0 aliphatic carbocycles. The summed E-state index contributed by atoms with van der Waals surface area (Å²) in [6.45, 7) is 1.74. The SMILES string of the molecule is CCOC(=O)C[C@@H](c1ccc([N+](=O)[O-])cc1)[C@@H](NC(=O)c1ccc(C#N)cc1)C(N)=O. The summed E-state index contributed by atoms with van der Waals surface area (Å²) in [5.74, 6) is -3.07. The van der Waals surface area contributed by atoms with Crippen LogP contribution < -0.4 is 11.1 Å². The fourth-order valence-electron chi connectivity index (χ4n) is 2.96. The summed E-state index contributed by atoms with van der Waals surface area (Å²) in [5.41, 5.74) is 6.28. The Labute approximate surface area is 177 Å². The molecule has 0 spiro atoms. The third-order valence-corrected chi connectivity index (χ3v) is 4.50. The number of nitrogens with one attached hydrogen (secondary N) is 1. The third-order valence-electron chi connectivity index (χ3n) is 4.50. The van der Waals surface area contributed by atoms with Crippen molar-refractivity contribution in [2.45, 2.75) is 25.3 Å². The van der Waals surface area contributed by atoms with Gasteiger partial charge in [-0.1, -0.05) is 12.1 Å². The van der Waals surface area contributed by atoms with E-state index in [1.165, 1.54) is 48.5 Å². The predicted octanol–water partition coefficient (Wildman–Crippen LogP) is 1.79. The van der Waals surface area contributed by atoms with Gasteiger partial charge in [0.1, 0.15) is 6.04 Å². The van der Waals surface area contributed by atoms with Gasteiger partial charge in [0.2, 0.25) is 5.91 Å². The van der Waals surface area contributed by atoms with Crippen molar-refractivity contribution in [3.63, 3.8) is 0 Å². The Kier molecular flexibility index (Phi) is 7.80. The molecule has 0 fully saturated rings. The van der Waals surface area contributed by atoms with E-state index >= 15 is 0 Å². The lowest BCUT2D eigenvalue weighted by molar-refractivity contribution is -0.384. The molecule has 2 aromatic carbocycles. The standard InChI is InChI=1S/C21H20N4O6/c1-2-31-18(26)11-17(14-7-9-16(10-8-14)25(29)30)19(20(23)27)24-21(28)15-5-3-13(12-22)4-6-15/h3-10,17,19H,2,11H2,1H3,(H2,23,27)(H,24,28)/t17-,19+/m0/s1. The first-order valence-electron chi connectivity index (χ1n) is 9.27. The molecule has 3 N–H and O–H groups in total. The van der Waals surface area contributed by atoms with Gasteiger partial charge in [-0.3, -0.25) is 24.5 Å². The smallest absolute Gasteiger partial charge is 0.306 e. The van der Waals surface area contributed by atoms with Crippen LogP contribution in [0.4, 0.5) is 5.69 Å². The Morgan fingerprint density at radius 1 is 1.16 bits per heavy atom. The molecule has 0 radical (unpaired) electrons. The molecule has 0 saturated heterocycles. The van der Waals surface area contributed by atoms with E-state index < -0.39 is 34.7 Å². The first-order valence-corrected chi connectivity index (χ1v) is 9.27. The van der Waals surface area contributed by atoms with Crippen molar-refractivity contribution >= 4 is 23.5 Å². The summed E-state index contributed by atoms with van der Waals surface area (Å²) in [4.78, 5) is 47.3. The molecule has 0 saturated carbocycles. The molecule has 2 amide bonds. The number of primary amides is 1. The minimum absolute atomic E-state index is 0.116. The maximum Gasteiger partial charge on any atom is 0.306 e. The molecule has 160 valence electrons. The second-order valence-corrected chi connectivity index (χ2v) is 6.51. The van der Waals surface area contributed by atoms with Crippen molar-refractivity contribution in [2.24, 2.45) is 5.73 Å². The maximum atomic E-state index is 12.6. The molecule has 0 unspecified atom stereocenters. The van der Waals surface area contributed by atoms with Crippen LogP contribution in [-0.2, 0) is 14.3 Å². The molecule has 2 aromatic rings. The molecule has 10 nitrogen and oxygen atoms in total. The number of esters is 1. The van der Waals surface area contributed by atoms with Gasteiger partial charge in [-0.2, -0.15) is 5.26 Å². The molecule has 2 atom stereocenters. The van der Waals surface area contributed by atoms with Crippen molar-refractivity contribution in [1.29, 1.82) is 5.26 Å². The Bertz CT molecular complexity index is 1010. The molecule has 0 aliphatic rings. The van der Waals surface area contributed by atoms with E-state index in [4.69, 9.17) is 15.7 Å². The second kappa shape index (κ2) is 10.5. The highest BCUT2D eigenvalue weighted by Crippen LogP contribution is 2.27. The Balaban J connectivity index is 2.36. The zero-order valence-corrected chi connectivity index (χ0v) is 16.6. The van der Waals surface area contributed by atoms with Gasteiger partial charge in [-0.05, 0) is 36.8 Å². The summed E-state index contributed by atoms with van der Waals surface area (Å²) >= 11 is 0. The van der Waals surface area contributed by atoms with Crippen molar-refractivity contribution in [3.8, 4) is 6.07 Å². The quantitative estimate of drug-likeness (QED) is 0.352. The van der Waals surface area contributed by atoms with Crippen LogP contribution in [0.2, 0.25) is 0 Å². The van der Waals surface area contributed by atoms with Crippen molar-refractivity contribution in [3.05, 3.63) is 75.3 Å². The highest BCUT2D eigenvalue weighted by molar-refractivity contribution is 5.97. The molecular weight excluding hydrogens is 404 g/mol. The minimum atomic E-state index is -1.30. The lowest BCUT2D eigenvalue weighted by Crippen LogP contribution is -2.48. The average molecular weight is 424 g/mol. The normalized spacial score (nSPS) is 12.1. The van der Waals surface area contributed by atoms with Gasteiger partial charge in [0.25, 0.3) is 11.6 Å². The highest BCUT2D eigenvalue weighted by Gasteiger charge is 2.32. The lowest BCUT2D eigenvalue weighted by atomic mass is 9.87. The number of carbonyl (C=O) groups is 3. The zero-order valence-electron chi connectivity index (χ0n) is 16.6. The molecule has 2 rings (SSSR count). The van der Waals surface area contributed by atoms with E-state index in [0.717, 1.165) is 0 Å². The maximum absolute atomic E-state index is 12.6. The van der Waals surface area contributed by atoms with Crippen LogP contribution >= 0.6 is 0 Å². The van der Waals surface area contributed by atoms with Crippen molar-refractivity contribution in [1.82, 2.24) is 5.32 Å². The first-order chi connectivity index (χ1) is 14.8. The van der Waals surface area contributed by atoms with E-state index in [1.807, 2.05) is 6.07 Å². The molecule has 31 heavy (non-hydrogen) atoms. The monoisotopic (exact) mass is 424 g/mol. The number of nitro groups is 1. The van der Waals surface area contributed by atoms with E-state index in [-0.39, 0.29) is 24.3 Å². The molecule has 0 heterocycles. The van der Waals surface area contributed by atoms with Gasteiger partial charge >= 0.3 is 5.97 Å². The van der Waals surface area contributed by atoms with Crippen LogP contribution in [0.1, 0.15) is 40.7 Å². The number of nitro benzene ring substituents is 1. The Morgan fingerprint density at radius 3 is 2.26 bits per heavy atom. The highest BCUT2D eigenvalue weighted by atomic mass is 16.6. The number of non-ortho nitro benzene ring substituents is 1. The van der Waals surface area contributed by atoms with Gasteiger partial charge < -0.3 is 15.8 Å².